The highest BCUT2D eigenvalue weighted by atomic mass is 16.4. The lowest BCUT2D eigenvalue weighted by atomic mass is 10.2. The summed E-state index contributed by atoms with van der Waals surface area (Å²) in [6, 6.07) is 0.957. The van der Waals surface area contributed by atoms with Crippen molar-refractivity contribution in [1.82, 2.24) is 9.88 Å². The number of hydrogen-bond donors (Lipinski definition) is 2. The number of oxazole rings is 1. The SMILES string of the molecule is CN(CCNc1nc(C(=O)O)co1)C1CCCC1. The molecule has 1 aromatic rings. The Labute approximate surface area is 106 Å². The van der Waals surface area contributed by atoms with E-state index >= 15 is 0 Å². The van der Waals surface area contributed by atoms with E-state index in [2.05, 4.69) is 22.2 Å². The van der Waals surface area contributed by atoms with Gasteiger partial charge in [-0.05, 0) is 19.9 Å². The highest BCUT2D eigenvalue weighted by molar-refractivity contribution is 5.85. The molecule has 18 heavy (non-hydrogen) atoms. The standard InChI is InChI=1S/C12H19N3O3/c1-15(9-4-2-3-5-9)7-6-13-12-14-10(8-18-12)11(16)17/h8-9H,2-7H2,1H3,(H,13,14)(H,16,17). The number of carboxylic acid groups (broad SMARTS) is 1. The van der Waals surface area contributed by atoms with Gasteiger partial charge < -0.3 is 19.7 Å². The van der Waals surface area contributed by atoms with Gasteiger partial charge in [-0.1, -0.05) is 12.8 Å². The van der Waals surface area contributed by atoms with Gasteiger partial charge in [0.15, 0.2) is 5.69 Å². The van der Waals surface area contributed by atoms with Crippen LogP contribution in [0.3, 0.4) is 0 Å². The molecule has 100 valence electrons. The van der Waals surface area contributed by atoms with E-state index in [1.165, 1.54) is 25.7 Å². The van der Waals surface area contributed by atoms with Gasteiger partial charge in [-0.15, -0.1) is 0 Å². The molecule has 0 amide bonds. The van der Waals surface area contributed by atoms with Crippen LogP contribution in [0.15, 0.2) is 10.7 Å². The van der Waals surface area contributed by atoms with Gasteiger partial charge >= 0.3 is 5.97 Å². The fourth-order valence-corrected chi connectivity index (χ4v) is 2.32. The number of carboxylic acids is 1. The van der Waals surface area contributed by atoms with E-state index in [-0.39, 0.29) is 11.7 Å². The third-order valence-electron chi connectivity index (χ3n) is 3.41. The molecule has 6 nitrogen and oxygen atoms in total. The molecule has 1 saturated carbocycles. The van der Waals surface area contributed by atoms with E-state index in [0.29, 0.717) is 12.6 Å². The Bertz CT molecular complexity index is 399. The molecule has 1 aliphatic carbocycles. The lowest BCUT2D eigenvalue weighted by Gasteiger charge is -2.23. The summed E-state index contributed by atoms with van der Waals surface area (Å²) in [6.45, 7) is 1.60. The molecule has 0 atom stereocenters. The van der Waals surface area contributed by atoms with Crippen LogP contribution >= 0.6 is 0 Å². The Morgan fingerprint density at radius 3 is 2.94 bits per heavy atom. The second kappa shape index (κ2) is 5.86. The number of rotatable bonds is 6. The molecule has 6 heteroatoms. The molecular weight excluding hydrogens is 234 g/mol. The first-order valence-electron chi connectivity index (χ1n) is 6.30. The molecule has 0 spiro atoms. The number of aromatic carboxylic acids is 1. The molecule has 1 heterocycles. The van der Waals surface area contributed by atoms with E-state index in [4.69, 9.17) is 9.52 Å². The van der Waals surface area contributed by atoms with Gasteiger partial charge in [0.05, 0.1) is 0 Å². The number of carbonyl (C=O) groups is 1. The van der Waals surface area contributed by atoms with Gasteiger partial charge in [-0.3, -0.25) is 0 Å². The van der Waals surface area contributed by atoms with Crippen molar-refractivity contribution in [2.75, 3.05) is 25.5 Å². The molecule has 1 aromatic heterocycles. The molecule has 2 N–H and O–H groups in total. The van der Waals surface area contributed by atoms with Crippen LogP contribution in [0.1, 0.15) is 36.2 Å². The van der Waals surface area contributed by atoms with E-state index in [0.717, 1.165) is 12.8 Å². The molecule has 0 unspecified atom stereocenters. The van der Waals surface area contributed by atoms with Gasteiger partial charge in [0, 0.05) is 19.1 Å². The fourth-order valence-electron chi connectivity index (χ4n) is 2.32. The van der Waals surface area contributed by atoms with Crippen molar-refractivity contribution in [2.45, 2.75) is 31.7 Å². The highest BCUT2D eigenvalue weighted by Gasteiger charge is 2.19. The van der Waals surface area contributed by atoms with Crippen LogP contribution in [0.2, 0.25) is 0 Å². The third-order valence-corrected chi connectivity index (χ3v) is 3.41. The van der Waals surface area contributed by atoms with Crippen LogP contribution in [0.25, 0.3) is 0 Å². The summed E-state index contributed by atoms with van der Waals surface area (Å²) in [4.78, 5) is 16.8. The Kier molecular flexibility index (Phi) is 4.19. The lowest BCUT2D eigenvalue weighted by Crippen LogP contribution is -2.33. The minimum absolute atomic E-state index is 0.0679. The second-order valence-electron chi connectivity index (χ2n) is 4.69. The third kappa shape index (κ3) is 3.22. The number of hydrogen-bond acceptors (Lipinski definition) is 5. The molecule has 0 aliphatic heterocycles. The monoisotopic (exact) mass is 253 g/mol. The zero-order valence-electron chi connectivity index (χ0n) is 10.6. The molecule has 0 radical (unpaired) electrons. The predicted molar refractivity (Wildman–Crippen MR) is 66.8 cm³/mol. The van der Waals surface area contributed by atoms with Crippen LogP contribution in [-0.2, 0) is 0 Å². The number of nitrogens with one attached hydrogen (secondary N) is 1. The predicted octanol–water partition coefficient (Wildman–Crippen LogP) is 1.66. The van der Waals surface area contributed by atoms with Gasteiger partial charge in [-0.2, -0.15) is 4.98 Å². The van der Waals surface area contributed by atoms with Crippen molar-refractivity contribution in [2.24, 2.45) is 0 Å². The zero-order valence-corrected chi connectivity index (χ0v) is 10.6. The smallest absolute Gasteiger partial charge is 0.357 e. The summed E-state index contributed by atoms with van der Waals surface area (Å²) in [5, 5.41) is 11.7. The molecular formula is C12H19N3O3. The lowest BCUT2D eigenvalue weighted by molar-refractivity contribution is 0.0690. The van der Waals surface area contributed by atoms with Crippen molar-refractivity contribution in [3.05, 3.63) is 12.0 Å². The maximum absolute atomic E-state index is 10.6. The normalized spacial score (nSPS) is 16.3. The number of likely N-dealkylation sites (N-methyl/N-ethyl adjacent to an activating group) is 1. The van der Waals surface area contributed by atoms with Gasteiger partial charge in [0.25, 0.3) is 6.01 Å². The van der Waals surface area contributed by atoms with E-state index in [1.807, 2.05) is 0 Å². The van der Waals surface area contributed by atoms with E-state index < -0.39 is 5.97 Å². The summed E-state index contributed by atoms with van der Waals surface area (Å²) < 4.78 is 5.01. The maximum Gasteiger partial charge on any atom is 0.357 e. The molecule has 0 bridgehead atoms. The Balaban J connectivity index is 1.72. The van der Waals surface area contributed by atoms with Crippen LogP contribution in [0.4, 0.5) is 6.01 Å². The summed E-state index contributed by atoms with van der Waals surface area (Å²) in [5.41, 5.74) is -0.0679. The van der Waals surface area contributed by atoms with Gasteiger partial charge in [0.1, 0.15) is 6.26 Å². The molecule has 0 saturated heterocycles. The maximum atomic E-state index is 10.6. The first kappa shape index (κ1) is 12.9. The first-order valence-corrected chi connectivity index (χ1v) is 6.30. The Morgan fingerprint density at radius 1 is 1.61 bits per heavy atom. The van der Waals surface area contributed by atoms with Crippen molar-refractivity contribution in [3.63, 3.8) is 0 Å². The fraction of sp³-hybridized carbons (Fsp3) is 0.667. The Morgan fingerprint density at radius 2 is 2.33 bits per heavy atom. The van der Waals surface area contributed by atoms with E-state index in [9.17, 15) is 4.79 Å². The number of aromatic nitrogens is 1. The topological polar surface area (TPSA) is 78.6 Å². The quantitative estimate of drug-likeness (QED) is 0.802. The summed E-state index contributed by atoms with van der Waals surface area (Å²) in [7, 11) is 2.12. The molecule has 1 fully saturated rings. The second-order valence-corrected chi connectivity index (χ2v) is 4.69. The molecule has 2 rings (SSSR count). The average Bonchev–Trinajstić information content (AvgIpc) is 3.00. The van der Waals surface area contributed by atoms with Crippen molar-refractivity contribution < 1.29 is 14.3 Å². The van der Waals surface area contributed by atoms with Crippen molar-refractivity contribution in [3.8, 4) is 0 Å². The minimum Gasteiger partial charge on any atom is -0.476 e. The van der Waals surface area contributed by atoms with E-state index in [1.54, 1.807) is 0 Å². The van der Waals surface area contributed by atoms with Gasteiger partial charge in [0.2, 0.25) is 0 Å². The summed E-state index contributed by atoms with van der Waals surface area (Å²) in [5.74, 6) is -1.07. The van der Waals surface area contributed by atoms with Crippen LogP contribution in [0.5, 0.6) is 0 Å². The first-order chi connectivity index (χ1) is 8.66. The molecule has 1 aliphatic rings. The minimum atomic E-state index is -1.07. The van der Waals surface area contributed by atoms with Crippen LogP contribution in [0, 0.1) is 0 Å². The zero-order chi connectivity index (χ0) is 13.0. The van der Waals surface area contributed by atoms with Crippen molar-refractivity contribution in [1.29, 1.82) is 0 Å². The van der Waals surface area contributed by atoms with Crippen LogP contribution in [-0.4, -0.2) is 47.1 Å². The highest BCUT2D eigenvalue weighted by Crippen LogP contribution is 2.21. The van der Waals surface area contributed by atoms with Crippen LogP contribution < -0.4 is 5.32 Å². The molecule has 0 aromatic carbocycles. The number of anilines is 1. The van der Waals surface area contributed by atoms with Gasteiger partial charge in [-0.25, -0.2) is 4.79 Å². The number of nitrogens with zero attached hydrogens (tertiary/aromatic N) is 2. The average molecular weight is 253 g/mol. The van der Waals surface area contributed by atoms with Crippen molar-refractivity contribution >= 4 is 12.0 Å². The summed E-state index contributed by atoms with van der Waals surface area (Å²) in [6.07, 6.45) is 6.34. The summed E-state index contributed by atoms with van der Waals surface area (Å²) >= 11 is 0. The largest absolute Gasteiger partial charge is 0.476 e. The Hall–Kier alpha value is -1.56.